The van der Waals surface area contributed by atoms with Crippen molar-refractivity contribution in [1.82, 2.24) is 9.88 Å². The fourth-order valence-electron chi connectivity index (χ4n) is 3.30. The number of fused-ring (bicyclic) bond motifs is 2. The molecule has 5 nitrogen and oxygen atoms in total. The van der Waals surface area contributed by atoms with Crippen molar-refractivity contribution < 1.29 is 18.8 Å². The van der Waals surface area contributed by atoms with Gasteiger partial charge in [0, 0.05) is 17.0 Å². The van der Waals surface area contributed by atoms with Gasteiger partial charge in [0.2, 0.25) is 0 Å². The monoisotopic (exact) mass is 348 g/mol. The first-order valence-electron chi connectivity index (χ1n) is 8.03. The lowest BCUT2D eigenvalue weighted by atomic mass is 10.0. The number of amides is 2. The first-order chi connectivity index (χ1) is 12.5. The molecule has 0 saturated carbocycles. The molecule has 3 aromatic rings. The van der Waals surface area contributed by atoms with Crippen molar-refractivity contribution in [3.8, 4) is 0 Å². The number of benzene rings is 2. The summed E-state index contributed by atoms with van der Waals surface area (Å²) >= 11 is 0. The second-order valence-corrected chi connectivity index (χ2v) is 6.12. The van der Waals surface area contributed by atoms with E-state index >= 15 is 0 Å². The Balaban J connectivity index is 1.83. The van der Waals surface area contributed by atoms with Gasteiger partial charge in [0.05, 0.1) is 22.7 Å². The number of carbonyl (C=O) groups is 3. The lowest BCUT2D eigenvalue weighted by Gasteiger charge is -2.24. The average molecular weight is 348 g/mol. The molecular weight excluding hydrogens is 335 g/mol. The molecule has 0 saturated heterocycles. The van der Waals surface area contributed by atoms with Crippen LogP contribution in [0.5, 0.6) is 0 Å². The highest BCUT2D eigenvalue weighted by atomic mass is 19.1. The second kappa shape index (κ2) is 5.84. The van der Waals surface area contributed by atoms with Crippen LogP contribution < -0.4 is 0 Å². The van der Waals surface area contributed by atoms with Crippen molar-refractivity contribution in [2.45, 2.75) is 13.0 Å². The van der Waals surface area contributed by atoms with E-state index in [0.29, 0.717) is 33.9 Å². The molecule has 128 valence electrons. The van der Waals surface area contributed by atoms with Gasteiger partial charge in [-0.25, -0.2) is 9.37 Å². The Morgan fingerprint density at radius 3 is 2.31 bits per heavy atom. The maximum atomic E-state index is 13.4. The third-order valence-electron chi connectivity index (χ3n) is 4.61. The molecule has 0 bridgehead atoms. The zero-order chi connectivity index (χ0) is 18.4. The normalized spacial score (nSPS) is 14.6. The van der Waals surface area contributed by atoms with Gasteiger partial charge in [0.15, 0.2) is 6.29 Å². The topological polar surface area (TPSA) is 67.3 Å². The highest BCUT2D eigenvalue weighted by Crippen LogP contribution is 2.33. The van der Waals surface area contributed by atoms with Crippen LogP contribution in [-0.4, -0.2) is 28.0 Å². The molecule has 2 amide bonds. The number of imide groups is 1. The maximum absolute atomic E-state index is 13.4. The zero-order valence-electron chi connectivity index (χ0n) is 13.8. The molecule has 26 heavy (non-hydrogen) atoms. The molecule has 1 unspecified atom stereocenters. The Morgan fingerprint density at radius 2 is 1.69 bits per heavy atom. The van der Waals surface area contributed by atoms with E-state index in [9.17, 15) is 18.8 Å². The van der Waals surface area contributed by atoms with Gasteiger partial charge in [-0.05, 0) is 37.3 Å². The summed E-state index contributed by atoms with van der Waals surface area (Å²) in [5, 5.41) is 0.621. The second-order valence-electron chi connectivity index (χ2n) is 6.12. The Bertz CT molecular complexity index is 1060. The minimum atomic E-state index is -0.690. The van der Waals surface area contributed by atoms with Crippen LogP contribution in [0.1, 0.15) is 49.7 Å². The summed E-state index contributed by atoms with van der Waals surface area (Å²) in [6.07, 6.45) is 0.550. The number of carbonyl (C=O) groups excluding carboxylic acids is 3. The Hall–Kier alpha value is -3.41. The number of hydrogen-bond donors (Lipinski definition) is 0. The van der Waals surface area contributed by atoms with Crippen molar-refractivity contribution in [2.75, 3.05) is 0 Å². The zero-order valence-corrected chi connectivity index (χ0v) is 13.8. The fourth-order valence-corrected chi connectivity index (χ4v) is 3.30. The number of nitrogens with zero attached hydrogens (tertiary/aromatic N) is 2. The summed E-state index contributed by atoms with van der Waals surface area (Å²) in [7, 11) is 0. The number of aldehydes is 1. The molecule has 6 heteroatoms. The fraction of sp³-hybridized carbons (Fsp3) is 0.100. The smallest absolute Gasteiger partial charge is 0.262 e. The number of pyridine rings is 1. The van der Waals surface area contributed by atoms with E-state index in [2.05, 4.69) is 4.98 Å². The Labute approximate surface area is 148 Å². The van der Waals surface area contributed by atoms with Crippen molar-refractivity contribution in [2.24, 2.45) is 0 Å². The summed E-state index contributed by atoms with van der Waals surface area (Å²) in [5.41, 5.74) is 1.53. The van der Waals surface area contributed by atoms with Gasteiger partial charge in [-0.15, -0.1) is 0 Å². The molecule has 1 aliphatic heterocycles. The Kier molecular flexibility index (Phi) is 3.61. The van der Waals surface area contributed by atoms with Crippen molar-refractivity contribution >= 4 is 29.0 Å². The predicted molar refractivity (Wildman–Crippen MR) is 92.4 cm³/mol. The molecule has 0 spiro atoms. The number of aromatic nitrogens is 1. The van der Waals surface area contributed by atoms with Gasteiger partial charge in [0.1, 0.15) is 11.5 Å². The first kappa shape index (κ1) is 16.1. The lowest BCUT2D eigenvalue weighted by Crippen LogP contribution is -2.33. The maximum Gasteiger partial charge on any atom is 0.262 e. The lowest BCUT2D eigenvalue weighted by molar-refractivity contribution is 0.0593. The van der Waals surface area contributed by atoms with E-state index in [1.165, 1.54) is 12.1 Å². The molecule has 0 N–H and O–H groups in total. The molecule has 4 rings (SSSR count). The molecule has 2 heterocycles. The molecular formula is C20H13FN2O3. The first-order valence-corrected chi connectivity index (χ1v) is 8.03. The SMILES string of the molecule is CC(c1cc2ccc(F)cc2nc1C=O)N1C(=O)c2ccccc2C1=O. The van der Waals surface area contributed by atoms with Crippen LogP contribution in [0.25, 0.3) is 10.9 Å². The van der Waals surface area contributed by atoms with Gasteiger partial charge >= 0.3 is 0 Å². The largest absolute Gasteiger partial charge is 0.296 e. The van der Waals surface area contributed by atoms with Gasteiger partial charge in [0.25, 0.3) is 11.8 Å². The van der Waals surface area contributed by atoms with Crippen LogP contribution in [0.3, 0.4) is 0 Å². The average Bonchev–Trinajstić information content (AvgIpc) is 2.91. The predicted octanol–water partition coefficient (Wildman–Crippen LogP) is 3.54. The molecule has 1 atom stereocenters. The van der Waals surface area contributed by atoms with Crippen LogP contribution in [0.2, 0.25) is 0 Å². The van der Waals surface area contributed by atoms with Crippen LogP contribution in [-0.2, 0) is 0 Å². The minimum Gasteiger partial charge on any atom is -0.296 e. The van der Waals surface area contributed by atoms with Gasteiger partial charge < -0.3 is 0 Å². The van der Waals surface area contributed by atoms with Crippen LogP contribution in [0.15, 0.2) is 48.5 Å². The standard InChI is InChI=1S/C20H13FN2O3/c1-11(23-19(25)14-4-2-3-5-15(14)20(23)26)16-8-12-6-7-13(21)9-17(12)22-18(16)10-24/h2-11H,1H3. The van der Waals surface area contributed by atoms with Gasteiger partial charge in [-0.3, -0.25) is 19.3 Å². The van der Waals surface area contributed by atoms with Crippen LogP contribution in [0, 0.1) is 5.82 Å². The number of halogens is 1. The molecule has 2 aromatic carbocycles. The van der Waals surface area contributed by atoms with Crippen LogP contribution in [0.4, 0.5) is 4.39 Å². The summed E-state index contributed by atoms with van der Waals surface area (Å²) in [6.45, 7) is 1.67. The van der Waals surface area contributed by atoms with Crippen molar-refractivity contribution in [3.05, 3.63) is 76.7 Å². The number of rotatable bonds is 3. The Morgan fingerprint density at radius 1 is 1.04 bits per heavy atom. The van der Waals surface area contributed by atoms with E-state index in [-0.39, 0.29) is 5.69 Å². The molecule has 1 aromatic heterocycles. The summed E-state index contributed by atoms with van der Waals surface area (Å²) in [5.74, 6) is -1.27. The quantitative estimate of drug-likeness (QED) is 0.536. The number of hydrogen-bond acceptors (Lipinski definition) is 4. The van der Waals surface area contributed by atoms with Gasteiger partial charge in [-0.1, -0.05) is 12.1 Å². The van der Waals surface area contributed by atoms with E-state index < -0.39 is 23.7 Å². The molecule has 0 aliphatic carbocycles. The summed E-state index contributed by atoms with van der Waals surface area (Å²) in [6, 6.07) is 11.6. The van der Waals surface area contributed by atoms with E-state index in [0.717, 1.165) is 4.90 Å². The minimum absolute atomic E-state index is 0.0761. The van der Waals surface area contributed by atoms with Crippen molar-refractivity contribution in [1.29, 1.82) is 0 Å². The molecule has 0 radical (unpaired) electrons. The molecule has 0 fully saturated rings. The van der Waals surface area contributed by atoms with E-state index in [1.807, 2.05) is 0 Å². The summed E-state index contributed by atoms with van der Waals surface area (Å²) < 4.78 is 13.4. The highest BCUT2D eigenvalue weighted by Gasteiger charge is 2.39. The van der Waals surface area contributed by atoms with E-state index in [1.54, 1.807) is 43.3 Å². The highest BCUT2D eigenvalue weighted by molar-refractivity contribution is 6.21. The third kappa shape index (κ3) is 2.30. The van der Waals surface area contributed by atoms with E-state index in [4.69, 9.17) is 0 Å². The van der Waals surface area contributed by atoms with Gasteiger partial charge in [-0.2, -0.15) is 0 Å². The van der Waals surface area contributed by atoms with Crippen molar-refractivity contribution in [3.63, 3.8) is 0 Å². The molecule has 1 aliphatic rings. The summed E-state index contributed by atoms with van der Waals surface area (Å²) in [4.78, 5) is 42.2. The third-order valence-corrected chi connectivity index (χ3v) is 4.61. The van der Waals surface area contributed by atoms with Crippen LogP contribution >= 0.6 is 0 Å².